The molecule has 1 N–H and O–H groups in total. The molecular formula is C19H21N5O2S. The van der Waals surface area contributed by atoms with E-state index >= 15 is 0 Å². The van der Waals surface area contributed by atoms with Gasteiger partial charge in [0.1, 0.15) is 5.75 Å². The van der Waals surface area contributed by atoms with Gasteiger partial charge in [0, 0.05) is 0 Å². The van der Waals surface area contributed by atoms with Gasteiger partial charge in [0.25, 0.3) is 0 Å². The number of nitrogens with zero attached hydrogens (tertiary/aromatic N) is 4. The van der Waals surface area contributed by atoms with Crippen LogP contribution in [0.25, 0.3) is 5.69 Å². The van der Waals surface area contributed by atoms with Crippen molar-refractivity contribution in [2.75, 3.05) is 17.7 Å². The first-order valence-corrected chi connectivity index (χ1v) is 9.57. The van der Waals surface area contributed by atoms with Crippen LogP contribution >= 0.6 is 11.8 Å². The van der Waals surface area contributed by atoms with Crippen molar-refractivity contribution in [2.24, 2.45) is 0 Å². The lowest BCUT2D eigenvalue weighted by molar-refractivity contribution is -0.113. The Balaban J connectivity index is 1.68. The van der Waals surface area contributed by atoms with Gasteiger partial charge in [0.2, 0.25) is 11.1 Å². The molecule has 3 aromatic rings. The van der Waals surface area contributed by atoms with E-state index in [4.69, 9.17) is 4.74 Å². The van der Waals surface area contributed by atoms with Gasteiger partial charge < -0.3 is 10.1 Å². The normalized spacial score (nSPS) is 10.6. The maximum absolute atomic E-state index is 12.4. The number of aromatic nitrogens is 4. The Hall–Kier alpha value is -2.87. The Morgan fingerprint density at radius 1 is 1.22 bits per heavy atom. The van der Waals surface area contributed by atoms with E-state index in [0.717, 1.165) is 11.3 Å². The van der Waals surface area contributed by atoms with Crippen molar-refractivity contribution < 1.29 is 9.53 Å². The van der Waals surface area contributed by atoms with Crippen LogP contribution in [0.2, 0.25) is 0 Å². The molecule has 27 heavy (non-hydrogen) atoms. The number of hydrogen-bond donors (Lipinski definition) is 1. The highest BCUT2D eigenvalue weighted by Gasteiger charge is 2.14. The van der Waals surface area contributed by atoms with Crippen LogP contribution in [0.5, 0.6) is 5.75 Å². The van der Waals surface area contributed by atoms with E-state index in [9.17, 15) is 4.79 Å². The van der Waals surface area contributed by atoms with Gasteiger partial charge in [-0.2, -0.15) is 4.68 Å². The number of para-hydroxylation sites is 2. The highest BCUT2D eigenvalue weighted by Crippen LogP contribution is 2.25. The van der Waals surface area contributed by atoms with Gasteiger partial charge in [-0.05, 0) is 55.0 Å². The minimum absolute atomic E-state index is 0.151. The van der Waals surface area contributed by atoms with Crippen LogP contribution in [-0.4, -0.2) is 38.5 Å². The van der Waals surface area contributed by atoms with Crippen LogP contribution in [0, 0.1) is 13.8 Å². The fourth-order valence-corrected chi connectivity index (χ4v) is 3.31. The Labute approximate surface area is 162 Å². The zero-order chi connectivity index (χ0) is 19.2. The minimum Gasteiger partial charge on any atom is -0.492 e. The van der Waals surface area contributed by atoms with Gasteiger partial charge in [0.05, 0.1) is 23.7 Å². The third-order valence-corrected chi connectivity index (χ3v) is 4.73. The van der Waals surface area contributed by atoms with E-state index in [1.807, 2.05) is 57.2 Å². The Morgan fingerprint density at radius 3 is 2.81 bits per heavy atom. The highest BCUT2D eigenvalue weighted by molar-refractivity contribution is 7.99. The molecule has 1 aromatic heterocycles. The zero-order valence-electron chi connectivity index (χ0n) is 15.5. The smallest absolute Gasteiger partial charge is 0.234 e. The first-order valence-electron chi connectivity index (χ1n) is 8.59. The van der Waals surface area contributed by atoms with E-state index in [1.165, 1.54) is 17.3 Å². The summed E-state index contributed by atoms with van der Waals surface area (Å²) in [4.78, 5) is 12.4. The zero-order valence-corrected chi connectivity index (χ0v) is 16.3. The number of anilines is 1. The maximum atomic E-state index is 12.4. The van der Waals surface area contributed by atoms with Crippen molar-refractivity contribution >= 4 is 23.4 Å². The van der Waals surface area contributed by atoms with E-state index in [1.54, 1.807) is 4.68 Å². The van der Waals surface area contributed by atoms with E-state index in [0.29, 0.717) is 23.2 Å². The molecule has 0 aliphatic heterocycles. The summed E-state index contributed by atoms with van der Waals surface area (Å²) < 4.78 is 7.18. The number of hydrogen-bond acceptors (Lipinski definition) is 6. The minimum atomic E-state index is -0.151. The van der Waals surface area contributed by atoms with Gasteiger partial charge in [-0.3, -0.25) is 4.79 Å². The Morgan fingerprint density at radius 2 is 2.04 bits per heavy atom. The maximum Gasteiger partial charge on any atom is 0.234 e. The van der Waals surface area contributed by atoms with Crippen molar-refractivity contribution in [1.29, 1.82) is 0 Å². The van der Waals surface area contributed by atoms with E-state index < -0.39 is 0 Å². The molecular weight excluding hydrogens is 362 g/mol. The van der Waals surface area contributed by atoms with Crippen molar-refractivity contribution in [3.8, 4) is 11.4 Å². The van der Waals surface area contributed by atoms with Crippen LogP contribution < -0.4 is 10.1 Å². The molecule has 0 saturated heterocycles. The topological polar surface area (TPSA) is 81.9 Å². The molecule has 1 heterocycles. The van der Waals surface area contributed by atoms with Gasteiger partial charge >= 0.3 is 0 Å². The molecule has 0 spiro atoms. The number of aryl methyl sites for hydroxylation is 2. The molecule has 1 amide bonds. The molecule has 3 rings (SSSR count). The summed E-state index contributed by atoms with van der Waals surface area (Å²) in [5.74, 6) is 0.687. The molecule has 0 fully saturated rings. The summed E-state index contributed by atoms with van der Waals surface area (Å²) in [5, 5.41) is 15.3. The Bertz CT molecular complexity index is 941. The molecule has 0 saturated carbocycles. The lowest BCUT2D eigenvalue weighted by Gasteiger charge is -2.11. The van der Waals surface area contributed by atoms with Crippen LogP contribution in [-0.2, 0) is 4.79 Å². The monoisotopic (exact) mass is 383 g/mol. The van der Waals surface area contributed by atoms with Crippen LogP contribution in [0.1, 0.15) is 18.1 Å². The van der Waals surface area contributed by atoms with Gasteiger partial charge in [-0.25, -0.2) is 0 Å². The first-order chi connectivity index (χ1) is 13.1. The predicted molar refractivity (Wildman–Crippen MR) is 106 cm³/mol. The van der Waals surface area contributed by atoms with Crippen LogP contribution in [0.3, 0.4) is 0 Å². The lowest BCUT2D eigenvalue weighted by atomic mass is 10.1. The number of benzene rings is 2. The standard InChI is InChI=1S/C19H21N5O2S/c1-4-26-17-8-6-5-7-15(17)20-18(25)12-27-19-21-22-23-24(19)16-10-9-13(2)11-14(16)3/h5-11H,4,12H2,1-3H3,(H,20,25). The first kappa shape index (κ1) is 18.9. The summed E-state index contributed by atoms with van der Waals surface area (Å²) in [6.45, 7) is 6.49. The number of thioether (sulfide) groups is 1. The number of rotatable bonds is 7. The number of amides is 1. The second kappa shape index (κ2) is 8.68. The second-order valence-electron chi connectivity index (χ2n) is 5.93. The fourth-order valence-electron chi connectivity index (χ4n) is 2.63. The molecule has 0 atom stereocenters. The van der Waals surface area contributed by atoms with Gasteiger partial charge in [-0.15, -0.1) is 5.10 Å². The van der Waals surface area contributed by atoms with E-state index in [2.05, 4.69) is 26.9 Å². The quantitative estimate of drug-likeness (QED) is 0.630. The van der Waals surface area contributed by atoms with Gasteiger partial charge in [-0.1, -0.05) is 41.6 Å². The van der Waals surface area contributed by atoms with Crippen molar-refractivity contribution in [1.82, 2.24) is 20.2 Å². The van der Waals surface area contributed by atoms with Crippen molar-refractivity contribution in [3.63, 3.8) is 0 Å². The third kappa shape index (κ3) is 4.65. The molecule has 0 aliphatic rings. The average molecular weight is 383 g/mol. The molecule has 2 aromatic carbocycles. The predicted octanol–water partition coefficient (Wildman–Crippen LogP) is 3.41. The largest absolute Gasteiger partial charge is 0.492 e. The Kier molecular flexibility index (Phi) is 6.08. The van der Waals surface area contributed by atoms with E-state index in [-0.39, 0.29) is 11.7 Å². The number of tetrazole rings is 1. The molecule has 0 aliphatic carbocycles. The number of carbonyl (C=O) groups excluding carboxylic acids is 1. The fraction of sp³-hybridized carbons (Fsp3) is 0.263. The summed E-state index contributed by atoms with van der Waals surface area (Å²) in [6, 6.07) is 13.4. The van der Waals surface area contributed by atoms with Crippen molar-refractivity contribution in [3.05, 3.63) is 53.6 Å². The molecule has 7 nitrogen and oxygen atoms in total. The van der Waals surface area contributed by atoms with Gasteiger partial charge in [0.15, 0.2) is 0 Å². The molecule has 8 heteroatoms. The third-order valence-electron chi connectivity index (χ3n) is 3.81. The highest BCUT2D eigenvalue weighted by atomic mass is 32.2. The SMILES string of the molecule is CCOc1ccccc1NC(=O)CSc1nnnn1-c1ccc(C)cc1C. The lowest BCUT2D eigenvalue weighted by Crippen LogP contribution is -2.15. The average Bonchev–Trinajstić information content (AvgIpc) is 3.10. The number of ether oxygens (including phenoxy) is 1. The molecule has 0 radical (unpaired) electrons. The van der Waals surface area contributed by atoms with Crippen LogP contribution in [0.15, 0.2) is 47.6 Å². The van der Waals surface area contributed by atoms with Crippen molar-refractivity contribution in [2.45, 2.75) is 25.9 Å². The van der Waals surface area contributed by atoms with Crippen LogP contribution in [0.4, 0.5) is 5.69 Å². The summed E-state index contributed by atoms with van der Waals surface area (Å²) in [7, 11) is 0. The molecule has 0 unspecified atom stereocenters. The molecule has 0 bridgehead atoms. The number of nitrogens with one attached hydrogen (secondary N) is 1. The summed E-state index contributed by atoms with van der Waals surface area (Å²) in [5.41, 5.74) is 3.79. The summed E-state index contributed by atoms with van der Waals surface area (Å²) >= 11 is 1.28. The number of carbonyl (C=O) groups is 1. The molecule has 140 valence electrons. The second-order valence-corrected chi connectivity index (χ2v) is 6.87. The summed E-state index contributed by atoms with van der Waals surface area (Å²) in [6.07, 6.45) is 0.